The van der Waals surface area contributed by atoms with Gasteiger partial charge in [-0.25, -0.2) is 4.98 Å². The molecule has 3 aromatic heterocycles. The van der Waals surface area contributed by atoms with Crippen LogP contribution in [0.15, 0.2) is 40.2 Å². The molecule has 0 aliphatic carbocycles. The Balaban J connectivity index is 2.47. The van der Waals surface area contributed by atoms with Crippen LogP contribution < -0.4 is 11.0 Å². The van der Waals surface area contributed by atoms with Gasteiger partial charge in [0.15, 0.2) is 0 Å². The molecule has 0 bridgehead atoms. The first-order chi connectivity index (χ1) is 10.5. The summed E-state index contributed by atoms with van der Waals surface area (Å²) in [6.45, 7) is 0. The van der Waals surface area contributed by atoms with E-state index in [4.69, 9.17) is 0 Å². The fourth-order valence-electron chi connectivity index (χ4n) is 2.30. The smallest absolute Gasteiger partial charge is 0.267 e. The number of aromatic amines is 1. The van der Waals surface area contributed by atoms with Crippen LogP contribution in [0.3, 0.4) is 0 Å². The van der Waals surface area contributed by atoms with Crippen LogP contribution in [0.4, 0.5) is 0 Å². The summed E-state index contributed by atoms with van der Waals surface area (Å²) in [7, 11) is 4.88. The molecule has 7 nitrogen and oxygen atoms in total. The molecule has 0 radical (unpaired) electrons. The highest BCUT2D eigenvalue weighted by Crippen LogP contribution is 2.07. The van der Waals surface area contributed by atoms with Crippen molar-refractivity contribution in [2.75, 3.05) is 21.1 Å². The number of fused-ring (bicyclic) bond motifs is 2. The summed E-state index contributed by atoms with van der Waals surface area (Å²) < 4.78 is 1.45. The average molecular weight is 297 g/mol. The Morgan fingerprint density at radius 2 is 2.14 bits per heavy atom. The molecule has 1 N–H and O–H groups in total. The number of amides is 1. The molecular formula is C15H15N5O2. The van der Waals surface area contributed by atoms with Crippen molar-refractivity contribution in [1.29, 1.82) is 0 Å². The van der Waals surface area contributed by atoms with Crippen LogP contribution >= 0.6 is 0 Å². The van der Waals surface area contributed by atoms with Gasteiger partial charge >= 0.3 is 0 Å². The zero-order valence-corrected chi connectivity index (χ0v) is 12.5. The van der Waals surface area contributed by atoms with Gasteiger partial charge in [0, 0.05) is 27.3 Å². The Bertz CT molecular complexity index is 1010. The van der Waals surface area contributed by atoms with Gasteiger partial charge in [0.1, 0.15) is 16.8 Å². The predicted octanol–water partition coefficient (Wildman–Crippen LogP) is 0.408. The molecule has 1 amide bonds. The van der Waals surface area contributed by atoms with E-state index < -0.39 is 0 Å². The number of pyridine rings is 2. The van der Waals surface area contributed by atoms with Crippen molar-refractivity contribution < 1.29 is 4.79 Å². The summed E-state index contributed by atoms with van der Waals surface area (Å²) in [5.74, 6) is -0.226. The summed E-state index contributed by atoms with van der Waals surface area (Å²) in [6, 6.07) is 6.86. The molecule has 112 valence electrons. The van der Waals surface area contributed by atoms with E-state index in [-0.39, 0.29) is 11.5 Å². The molecule has 0 unspecified atom stereocenters. The lowest BCUT2D eigenvalue weighted by Gasteiger charge is -2.11. The van der Waals surface area contributed by atoms with E-state index in [2.05, 4.69) is 15.0 Å². The van der Waals surface area contributed by atoms with Gasteiger partial charge in [-0.2, -0.15) is 0 Å². The van der Waals surface area contributed by atoms with Gasteiger partial charge in [-0.15, -0.1) is 0 Å². The Morgan fingerprint density at radius 3 is 2.82 bits per heavy atom. The summed E-state index contributed by atoms with van der Waals surface area (Å²) in [5.41, 5.74) is 1.46. The molecular weight excluding hydrogens is 282 g/mol. The lowest BCUT2D eigenvalue weighted by molar-refractivity contribution is 0.0825. The third-order valence-electron chi connectivity index (χ3n) is 3.41. The summed E-state index contributed by atoms with van der Waals surface area (Å²) in [4.78, 5) is 37.8. The van der Waals surface area contributed by atoms with E-state index >= 15 is 0 Å². The van der Waals surface area contributed by atoms with Crippen molar-refractivity contribution in [2.24, 2.45) is 4.99 Å². The molecule has 0 aliphatic rings. The highest BCUT2D eigenvalue weighted by molar-refractivity contribution is 5.96. The molecule has 0 saturated carbocycles. The Labute approximate surface area is 125 Å². The van der Waals surface area contributed by atoms with Gasteiger partial charge in [-0.3, -0.25) is 19.0 Å². The second kappa shape index (κ2) is 5.10. The van der Waals surface area contributed by atoms with Crippen molar-refractivity contribution in [3.05, 3.63) is 51.9 Å². The Morgan fingerprint density at radius 1 is 1.36 bits per heavy atom. The maximum absolute atomic E-state index is 12.6. The number of H-pyrrole nitrogens is 1. The first-order valence-corrected chi connectivity index (χ1v) is 6.72. The highest BCUT2D eigenvalue weighted by atomic mass is 16.2. The molecule has 3 rings (SSSR count). The van der Waals surface area contributed by atoms with E-state index in [0.717, 1.165) is 0 Å². The first-order valence-electron chi connectivity index (χ1n) is 6.72. The number of rotatable bonds is 1. The quantitative estimate of drug-likeness (QED) is 0.660. The maximum Gasteiger partial charge on any atom is 0.267 e. The molecule has 0 aliphatic heterocycles. The van der Waals surface area contributed by atoms with E-state index in [1.165, 1.54) is 9.30 Å². The van der Waals surface area contributed by atoms with Crippen LogP contribution in [0.2, 0.25) is 0 Å². The number of nitrogens with one attached hydrogen (secondary N) is 1. The zero-order chi connectivity index (χ0) is 15.9. The molecule has 0 spiro atoms. The lowest BCUT2D eigenvalue weighted by Crippen LogP contribution is -2.30. The van der Waals surface area contributed by atoms with Crippen LogP contribution in [-0.2, 0) is 0 Å². The number of carbonyl (C=O) groups excluding carboxylic acids is 1. The summed E-state index contributed by atoms with van der Waals surface area (Å²) in [6.07, 6.45) is 1.65. The first kappa shape index (κ1) is 14.0. The number of nitrogens with zero attached hydrogens (tertiary/aromatic N) is 4. The second-order valence-corrected chi connectivity index (χ2v) is 5.06. The number of aromatic nitrogens is 3. The van der Waals surface area contributed by atoms with Gasteiger partial charge in [0.2, 0.25) is 0 Å². The van der Waals surface area contributed by atoms with Gasteiger partial charge < -0.3 is 9.88 Å². The highest BCUT2D eigenvalue weighted by Gasteiger charge is 2.15. The fourth-order valence-corrected chi connectivity index (χ4v) is 2.30. The van der Waals surface area contributed by atoms with Crippen LogP contribution in [0.25, 0.3) is 16.7 Å². The SMILES string of the molecule is CN=c1[nH]c2nc3ccccn3c(=O)c2cc1C(=O)N(C)C. The number of hydrogen-bond donors (Lipinski definition) is 1. The average Bonchev–Trinajstić information content (AvgIpc) is 2.53. The third-order valence-corrected chi connectivity index (χ3v) is 3.41. The topological polar surface area (TPSA) is 82.8 Å². The van der Waals surface area contributed by atoms with E-state index in [1.54, 1.807) is 45.5 Å². The van der Waals surface area contributed by atoms with Crippen molar-refractivity contribution in [1.82, 2.24) is 19.3 Å². The van der Waals surface area contributed by atoms with E-state index in [9.17, 15) is 9.59 Å². The monoisotopic (exact) mass is 297 g/mol. The molecule has 0 atom stereocenters. The van der Waals surface area contributed by atoms with Crippen LogP contribution in [0, 0.1) is 0 Å². The lowest BCUT2D eigenvalue weighted by atomic mass is 10.2. The summed E-state index contributed by atoms with van der Waals surface area (Å²) in [5, 5.41) is 0.348. The van der Waals surface area contributed by atoms with Gasteiger partial charge in [0.05, 0.1) is 10.9 Å². The third kappa shape index (κ3) is 2.07. The standard InChI is InChI=1S/C15H15N5O2/c1-16-12-9(14(21)19(2)3)8-10-13(18-12)17-11-6-4-5-7-20(11)15(10)22/h4-8H,1-3H3,(H,16,18). The Kier molecular flexibility index (Phi) is 3.25. The molecule has 0 saturated heterocycles. The van der Waals surface area contributed by atoms with Crippen LogP contribution in [0.1, 0.15) is 10.4 Å². The largest absolute Gasteiger partial charge is 0.345 e. The summed E-state index contributed by atoms with van der Waals surface area (Å²) >= 11 is 0. The minimum Gasteiger partial charge on any atom is -0.345 e. The van der Waals surface area contributed by atoms with Crippen LogP contribution in [-0.4, -0.2) is 46.3 Å². The van der Waals surface area contributed by atoms with Gasteiger partial charge in [-0.05, 0) is 18.2 Å². The molecule has 0 aromatic carbocycles. The van der Waals surface area contributed by atoms with E-state index in [0.29, 0.717) is 27.7 Å². The molecule has 3 heterocycles. The minimum absolute atomic E-state index is 0.226. The van der Waals surface area contributed by atoms with E-state index in [1.807, 2.05) is 6.07 Å². The number of hydrogen-bond acceptors (Lipinski definition) is 4. The van der Waals surface area contributed by atoms with Gasteiger partial charge in [-0.1, -0.05) is 6.07 Å². The molecule has 0 fully saturated rings. The molecule has 22 heavy (non-hydrogen) atoms. The normalized spacial score (nSPS) is 12.0. The zero-order valence-electron chi connectivity index (χ0n) is 12.5. The minimum atomic E-state index is -0.229. The van der Waals surface area contributed by atoms with Crippen molar-refractivity contribution >= 4 is 22.6 Å². The van der Waals surface area contributed by atoms with Crippen molar-refractivity contribution in [3.63, 3.8) is 0 Å². The predicted molar refractivity (Wildman–Crippen MR) is 82.8 cm³/mol. The molecule has 3 aromatic rings. The van der Waals surface area contributed by atoms with Crippen molar-refractivity contribution in [2.45, 2.75) is 0 Å². The second-order valence-electron chi connectivity index (χ2n) is 5.06. The van der Waals surface area contributed by atoms with Gasteiger partial charge in [0.25, 0.3) is 11.5 Å². The fraction of sp³-hybridized carbons (Fsp3) is 0.200. The number of carbonyl (C=O) groups is 1. The maximum atomic E-state index is 12.6. The van der Waals surface area contributed by atoms with Crippen molar-refractivity contribution in [3.8, 4) is 0 Å². The Hall–Kier alpha value is -2.96. The van der Waals surface area contributed by atoms with Crippen LogP contribution in [0.5, 0.6) is 0 Å². The molecule has 7 heteroatoms.